The minimum atomic E-state index is -0.645. The Kier molecular flexibility index (Phi) is 3.78. The number of aromatic nitrogens is 1. The molecule has 1 N–H and O–H groups in total. The molecule has 24 heavy (non-hydrogen) atoms. The number of amides is 2. The van der Waals surface area contributed by atoms with Gasteiger partial charge in [0.1, 0.15) is 0 Å². The van der Waals surface area contributed by atoms with Gasteiger partial charge in [-0.1, -0.05) is 19.9 Å². The van der Waals surface area contributed by atoms with Crippen molar-refractivity contribution in [3.63, 3.8) is 0 Å². The molecule has 1 saturated heterocycles. The van der Waals surface area contributed by atoms with Crippen LogP contribution in [0.25, 0.3) is 0 Å². The summed E-state index contributed by atoms with van der Waals surface area (Å²) >= 11 is 0. The number of fused-ring (bicyclic) bond motifs is 1. The van der Waals surface area contributed by atoms with Crippen LogP contribution in [0, 0.1) is 18.3 Å². The molecule has 1 fully saturated rings. The molecule has 1 aliphatic heterocycles. The van der Waals surface area contributed by atoms with E-state index in [1.165, 1.54) is 11.1 Å². The first-order valence-corrected chi connectivity index (χ1v) is 7.86. The molecule has 2 aliphatic rings. The van der Waals surface area contributed by atoms with Gasteiger partial charge in [-0.2, -0.15) is 0 Å². The zero-order chi connectivity index (χ0) is 17.6. The second-order valence-electron chi connectivity index (χ2n) is 6.83. The monoisotopic (exact) mass is 329 g/mol. The minimum Gasteiger partial charge on any atom is -0.320 e. The lowest BCUT2D eigenvalue weighted by molar-refractivity contribution is -0.133. The Labute approximate surface area is 140 Å². The fourth-order valence-electron chi connectivity index (χ4n) is 3.34. The van der Waals surface area contributed by atoms with Gasteiger partial charge in [-0.3, -0.25) is 14.6 Å². The number of pyridine rings is 1. The second kappa shape index (κ2) is 5.54. The van der Waals surface area contributed by atoms with Gasteiger partial charge >= 0.3 is 0 Å². The quantitative estimate of drug-likeness (QED) is 0.907. The van der Waals surface area contributed by atoms with Crippen LogP contribution in [-0.4, -0.2) is 28.7 Å². The number of hydrogen-bond donors (Lipinski definition) is 1. The standard InChI is InChI=1S/C18H20FN3O2/c1-10-5-6-11(9-20-10)16(23)21-13-8-7-12-15(14(13)19)22(4)17(24)18(12,2)3/h5-6,8-9,12H,7H2,1-4H3,(H,21,23). The molecule has 126 valence electrons. The van der Waals surface area contributed by atoms with E-state index in [1.54, 1.807) is 25.3 Å². The van der Waals surface area contributed by atoms with Crippen molar-refractivity contribution in [2.75, 3.05) is 7.05 Å². The molecule has 1 unspecified atom stereocenters. The molecule has 1 aliphatic carbocycles. The number of likely N-dealkylation sites (tertiary alicyclic amines) is 1. The third kappa shape index (κ3) is 2.42. The normalized spacial score (nSPS) is 22.4. The highest BCUT2D eigenvalue weighted by molar-refractivity contribution is 5.95. The molecule has 2 amide bonds. The zero-order valence-corrected chi connectivity index (χ0v) is 14.2. The van der Waals surface area contributed by atoms with Crippen molar-refractivity contribution in [1.29, 1.82) is 0 Å². The minimum absolute atomic E-state index is 0.110. The number of aryl methyl sites for hydroxylation is 1. The van der Waals surface area contributed by atoms with Crippen LogP contribution in [-0.2, 0) is 4.79 Å². The topological polar surface area (TPSA) is 62.3 Å². The van der Waals surface area contributed by atoms with Crippen molar-refractivity contribution in [1.82, 2.24) is 15.2 Å². The largest absolute Gasteiger partial charge is 0.320 e. The summed E-state index contributed by atoms with van der Waals surface area (Å²) in [5.41, 5.74) is 0.980. The molecule has 0 bridgehead atoms. The van der Waals surface area contributed by atoms with Gasteiger partial charge < -0.3 is 10.2 Å². The first kappa shape index (κ1) is 16.4. The van der Waals surface area contributed by atoms with Gasteiger partial charge in [0.2, 0.25) is 5.91 Å². The van der Waals surface area contributed by atoms with E-state index in [9.17, 15) is 14.0 Å². The Morgan fingerprint density at radius 2 is 2.12 bits per heavy atom. The van der Waals surface area contributed by atoms with Crippen LogP contribution in [0.5, 0.6) is 0 Å². The van der Waals surface area contributed by atoms with Gasteiger partial charge in [0.25, 0.3) is 5.91 Å². The van der Waals surface area contributed by atoms with E-state index in [0.717, 1.165) is 5.69 Å². The molecule has 2 heterocycles. The average Bonchev–Trinajstić information content (AvgIpc) is 2.71. The Bertz CT molecular complexity index is 778. The van der Waals surface area contributed by atoms with E-state index >= 15 is 0 Å². The summed E-state index contributed by atoms with van der Waals surface area (Å²) in [6.07, 6.45) is 3.61. The number of nitrogens with zero attached hydrogens (tertiary/aromatic N) is 2. The molecule has 1 atom stereocenters. The van der Waals surface area contributed by atoms with Gasteiger partial charge in [-0.05, 0) is 25.5 Å². The van der Waals surface area contributed by atoms with Crippen LogP contribution < -0.4 is 5.32 Å². The van der Waals surface area contributed by atoms with E-state index in [4.69, 9.17) is 0 Å². The van der Waals surface area contributed by atoms with Crippen LogP contribution in [0.2, 0.25) is 0 Å². The van der Waals surface area contributed by atoms with Crippen molar-refractivity contribution in [3.8, 4) is 0 Å². The number of rotatable bonds is 2. The second-order valence-corrected chi connectivity index (χ2v) is 6.83. The summed E-state index contributed by atoms with van der Waals surface area (Å²) in [6.45, 7) is 5.47. The number of halogens is 1. The zero-order valence-electron chi connectivity index (χ0n) is 14.2. The Hall–Kier alpha value is -2.50. The highest BCUT2D eigenvalue weighted by Gasteiger charge is 2.51. The molecule has 3 rings (SSSR count). The third-order valence-electron chi connectivity index (χ3n) is 4.86. The van der Waals surface area contributed by atoms with Crippen molar-refractivity contribution in [2.45, 2.75) is 27.2 Å². The molecular formula is C18H20FN3O2. The first-order chi connectivity index (χ1) is 11.2. The van der Waals surface area contributed by atoms with E-state index < -0.39 is 17.1 Å². The van der Waals surface area contributed by atoms with Crippen LogP contribution in [0.1, 0.15) is 36.3 Å². The van der Waals surface area contributed by atoms with E-state index in [0.29, 0.717) is 17.7 Å². The van der Waals surface area contributed by atoms with Crippen molar-refractivity contribution >= 4 is 11.8 Å². The van der Waals surface area contributed by atoms with Crippen molar-refractivity contribution in [2.24, 2.45) is 11.3 Å². The lowest BCUT2D eigenvalue weighted by Crippen LogP contribution is -2.29. The smallest absolute Gasteiger partial charge is 0.257 e. The Morgan fingerprint density at radius 1 is 1.42 bits per heavy atom. The van der Waals surface area contributed by atoms with E-state index in [2.05, 4.69) is 10.3 Å². The van der Waals surface area contributed by atoms with E-state index in [1.807, 2.05) is 20.8 Å². The summed E-state index contributed by atoms with van der Waals surface area (Å²) in [5, 5.41) is 2.59. The number of hydrogen-bond acceptors (Lipinski definition) is 3. The lowest BCUT2D eigenvalue weighted by Gasteiger charge is -2.26. The Morgan fingerprint density at radius 3 is 2.75 bits per heavy atom. The van der Waals surface area contributed by atoms with Gasteiger partial charge in [0.05, 0.1) is 22.4 Å². The molecule has 0 spiro atoms. The Balaban J connectivity index is 1.87. The van der Waals surface area contributed by atoms with Crippen molar-refractivity contribution in [3.05, 3.63) is 52.9 Å². The summed E-state index contributed by atoms with van der Waals surface area (Å²) in [7, 11) is 1.58. The van der Waals surface area contributed by atoms with Crippen molar-refractivity contribution < 1.29 is 14.0 Å². The molecule has 0 radical (unpaired) electrons. The maximum Gasteiger partial charge on any atom is 0.257 e. The number of allylic oxidation sites excluding steroid dienone is 3. The molecule has 1 aromatic heterocycles. The first-order valence-electron chi connectivity index (χ1n) is 7.86. The summed E-state index contributed by atoms with van der Waals surface area (Å²) in [6, 6.07) is 3.37. The number of carbonyl (C=O) groups excluding carboxylic acids is 2. The van der Waals surface area contributed by atoms with Crippen LogP contribution in [0.3, 0.4) is 0 Å². The van der Waals surface area contributed by atoms with Crippen LogP contribution in [0.15, 0.2) is 41.6 Å². The molecule has 5 nitrogen and oxygen atoms in total. The van der Waals surface area contributed by atoms with Gasteiger partial charge in [0, 0.05) is 24.9 Å². The van der Waals surface area contributed by atoms with Gasteiger partial charge in [-0.15, -0.1) is 0 Å². The summed E-state index contributed by atoms with van der Waals surface area (Å²) < 4.78 is 14.9. The molecular weight excluding hydrogens is 309 g/mol. The average molecular weight is 329 g/mol. The predicted molar refractivity (Wildman–Crippen MR) is 87.3 cm³/mol. The van der Waals surface area contributed by atoms with Crippen LogP contribution in [0.4, 0.5) is 4.39 Å². The maximum atomic E-state index is 14.9. The molecule has 0 saturated carbocycles. The third-order valence-corrected chi connectivity index (χ3v) is 4.86. The SMILES string of the molecule is Cc1ccc(C(=O)NC2=CCC3C(=C2F)N(C)C(=O)C3(C)C)cn1. The highest BCUT2D eigenvalue weighted by Crippen LogP contribution is 2.49. The van der Waals surface area contributed by atoms with Gasteiger partial charge in [-0.25, -0.2) is 4.39 Å². The number of carbonyl (C=O) groups is 2. The summed E-state index contributed by atoms with van der Waals surface area (Å²) in [5.74, 6) is -1.28. The molecule has 0 aromatic carbocycles. The fraction of sp³-hybridized carbons (Fsp3) is 0.389. The van der Waals surface area contributed by atoms with Gasteiger partial charge in [0.15, 0.2) is 5.83 Å². The fourth-order valence-corrected chi connectivity index (χ4v) is 3.34. The lowest BCUT2D eigenvalue weighted by atomic mass is 9.76. The maximum absolute atomic E-state index is 14.9. The predicted octanol–water partition coefficient (Wildman–Crippen LogP) is 2.70. The summed E-state index contributed by atoms with van der Waals surface area (Å²) in [4.78, 5) is 30.0. The van der Waals surface area contributed by atoms with Crippen LogP contribution >= 0.6 is 0 Å². The molecule has 6 heteroatoms. The number of nitrogens with one attached hydrogen (secondary N) is 1. The van der Waals surface area contributed by atoms with E-state index in [-0.39, 0.29) is 17.5 Å². The highest BCUT2D eigenvalue weighted by atomic mass is 19.1. The molecule has 1 aromatic rings.